The van der Waals surface area contributed by atoms with E-state index >= 15 is 0 Å². The van der Waals surface area contributed by atoms with Gasteiger partial charge in [-0.1, -0.05) is 12.1 Å². The molecule has 9 nitrogen and oxygen atoms in total. The van der Waals surface area contributed by atoms with E-state index in [4.69, 9.17) is 14.2 Å². The Labute approximate surface area is 167 Å². The van der Waals surface area contributed by atoms with Crippen molar-refractivity contribution < 1.29 is 23.9 Å². The third-order valence-corrected chi connectivity index (χ3v) is 4.23. The Hall–Kier alpha value is -3.30. The summed E-state index contributed by atoms with van der Waals surface area (Å²) in [7, 11) is 0. The first-order valence-electron chi connectivity index (χ1n) is 9.00. The van der Waals surface area contributed by atoms with Crippen molar-refractivity contribution in [2.75, 3.05) is 13.2 Å². The van der Waals surface area contributed by atoms with Gasteiger partial charge in [-0.05, 0) is 36.8 Å². The molecule has 29 heavy (non-hydrogen) atoms. The van der Waals surface area contributed by atoms with E-state index in [2.05, 4.69) is 10.5 Å². The smallest absolute Gasteiger partial charge is 0.269 e. The first kappa shape index (κ1) is 20.4. The molecule has 0 radical (unpaired) electrons. The van der Waals surface area contributed by atoms with Gasteiger partial charge in [-0.3, -0.25) is 14.9 Å². The summed E-state index contributed by atoms with van der Waals surface area (Å²) in [5.41, 5.74) is 3.95. The van der Waals surface area contributed by atoms with Gasteiger partial charge in [0.1, 0.15) is 12.4 Å². The van der Waals surface area contributed by atoms with Crippen molar-refractivity contribution in [1.29, 1.82) is 0 Å². The lowest BCUT2D eigenvalue weighted by Gasteiger charge is -2.20. The second-order valence-corrected chi connectivity index (χ2v) is 6.55. The van der Waals surface area contributed by atoms with Crippen LogP contribution in [0, 0.1) is 10.1 Å². The number of hydrogen-bond acceptors (Lipinski definition) is 7. The maximum Gasteiger partial charge on any atom is 0.269 e. The van der Waals surface area contributed by atoms with Gasteiger partial charge in [0.15, 0.2) is 5.79 Å². The summed E-state index contributed by atoms with van der Waals surface area (Å²) in [6.45, 7) is 2.88. The number of hydrazone groups is 1. The lowest BCUT2D eigenvalue weighted by Crippen LogP contribution is -2.33. The van der Waals surface area contributed by atoms with E-state index in [0.29, 0.717) is 24.5 Å². The maximum absolute atomic E-state index is 12.0. The fourth-order valence-electron chi connectivity index (χ4n) is 2.76. The zero-order valence-corrected chi connectivity index (χ0v) is 15.9. The van der Waals surface area contributed by atoms with Gasteiger partial charge in [-0.2, -0.15) is 5.10 Å². The Kier molecular flexibility index (Phi) is 6.53. The van der Waals surface area contributed by atoms with Gasteiger partial charge in [0, 0.05) is 17.7 Å². The lowest BCUT2D eigenvalue weighted by molar-refractivity contribution is -0.384. The van der Waals surface area contributed by atoms with Crippen LogP contribution < -0.4 is 10.2 Å². The van der Waals surface area contributed by atoms with E-state index in [1.54, 1.807) is 31.2 Å². The largest absolute Gasteiger partial charge is 0.488 e. The molecule has 1 aliphatic heterocycles. The molecule has 1 amide bonds. The summed E-state index contributed by atoms with van der Waals surface area (Å²) in [4.78, 5) is 22.3. The Bertz CT molecular complexity index is 891. The van der Waals surface area contributed by atoms with Crippen molar-refractivity contribution in [3.8, 4) is 5.75 Å². The average Bonchev–Trinajstić information content (AvgIpc) is 3.13. The van der Waals surface area contributed by atoms with Gasteiger partial charge < -0.3 is 14.2 Å². The number of carbonyl (C=O) groups is 1. The molecule has 0 bridgehead atoms. The fraction of sp³-hybridized carbons (Fsp3) is 0.300. The molecule has 1 fully saturated rings. The van der Waals surface area contributed by atoms with Crippen LogP contribution in [-0.2, 0) is 20.9 Å². The van der Waals surface area contributed by atoms with Crippen LogP contribution in [0.4, 0.5) is 5.69 Å². The van der Waals surface area contributed by atoms with Gasteiger partial charge >= 0.3 is 0 Å². The molecular weight excluding hydrogens is 378 g/mol. The minimum Gasteiger partial charge on any atom is -0.488 e. The summed E-state index contributed by atoms with van der Waals surface area (Å²) < 4.78 is 16.6. The van der Waals surface area contributed by atoms with Crippen LogP contribution in [0.3, 0.4) is 0 Å². The van der Waals surface area contributed by atoms with Crippen LogP contribution in [0.1, 0.15) is 24.5 Å². The van der Waals surface area contributed by atoms with Crippen LogP contribution in [0.25, 0.3) is 0 Å². The lowest BCUT2D eigenvalue weighted by atomic mass is 10.2. The first-order chi connectivity index (χ1) is 14.0. The summed E-state index contributed by atoms with van der Waals surface area (Å²) in [6, 6.07) is 13.4. The minimum atomic E-state index is -0.911. The van der Waals surface area contributed by atoms with E-state index in [1.165, 1.54) is 18.3 Å². The number of para-hydroxylation sites is 1. The number of carbonyl (C=O) groups excluding carboxylic acids is 1. The van der Waals surface area contributed by atoms with E-state index in [1.807, 2.05) is 12.1 Å². The SMILES string of the molecule is CC1(CC(=O)N/N=C\c2ccccc2OCc2ccc([N+](=O)[O-])cc2)OCCO1. The molecule has 152 valence electrons. The highest BCUT2D eigenvalue weighted by atomic mass is 16.7. The highest BCUT2D eigenvalue weighted by Crippen LogP contribution is 2.22. The third-order valence-electron chi connectivity index (χ3n) is 4.23. The Morgan fingerprint density at radius 1 is 1.24 bits per heavy atom. The molecule has 0 saturated carbocycles. The van der Waals surface area contributed by atoms with Crippen LogP contribution in [0.5, 0.6) is 5.75 Å². The van der Waals surface area contributed by atoms with Crippen molar-refractivity contribution >= 4 is 17.8 Å². The fourth-order valence-corrected chi connectivity index (χ4v) is 2.76. The number of amides is 1. The normalized spacial score (nSPS) is 15.3. The van der Waals surface area contributed by atoms with E-state index in [9.17, 15) is 14.9 Å². The topological polar surface area (TPSA) is 112 Å². The first-order valence-corrected chi connectivity index (χ1v) is 9.00. The summed E-state index contributed by atoms with van der Waals surface area (Å²) >= 11 is 0. The predicted octanol–water partition coefficient (Wildman–Crippen LogP) is 2.78. The number of benzene rings is 2. The van der Waals surface area contributed by atoms with Crippen molar-refractivity contribution in [1.82, 2.24) is 5.43 Å². The van der Waals surface area contributed by atoms with Crippen molar-refractivity contribution in [2.45, 2.75) is 25.7 Å². The zero-order valence-electron chi connectivity index (χ0n) is 15.9. The monoisotopic (exact) mass is 399 g/mol. The van der Waals surface area contributed by atoms with Crippen LogP contribution in [0.2, 0.25) is 0 Å². The maximum atomic E-state index is 12.0. The third kappa shape index (κ3) is 5.84. The van der Waals surface area contributed by atoms with E-state index in [0.717, 1.165) is 5.56 Å². The summed E-state index contributed by atoms with van der Waals surface area (Å²) in [5.74, 6) is -0.668. The number of nitrogens with zero attached hydrogens (tertiary/aromatic N) is 2. The van der Waals surface area contributed by atoms with Gasteiger partial charge in [0.2, 0.25) is 5.91 Å². The van der Waals surface area contributed by atoms with Gasteiger partial charge in [-0.25, -0.2) is 5.43 Å². The second kappa shape index (κ2) is 9.26. The Balaban J connectivity index is 1.56. The number of hydrogen-bond donors (Lipinski definition) is 1. The molecule has 2 aromatic carbocycles. The van der Waals surface area contributed by atoms with E-state index < -0.39 is 10.7 Å². The molecule has 2 aromatic rings. The minimum absolute atomic E-state index is 0.0271. The number of nitrogens with one attached hydrogen (secondary N) is 1. The van der Waals surface area contributed by atoms with Crippen molar-refractivity contribution in [3.05, 3.63) is 69.8 Å². The molecule has 1 N–H and O–H groups in total. The quantitative estimate of drug-likeness (QED) is 0.415. The van der Waals surface area contributed by atoms with Gasteiger partial charge in [0.25, 0.3) is 5.69 Å². The number of non-ortho nitro benzene ring substituents is 1. The Morgan fingerprint density at radius 2 is 1.93 bits per heavy atom. The van der Waals surface area contributed by atoms with Crippen LogP contribution in [-0.4, -0.2) is 36.0 Å². The Morgan fingerprint density at radius 3 is 2.62 bits per heavy atom. The average molecular weight is 399 g/mol. The number of ether oxygens (including phenoxy) is 3. The molecule has 1 aliphatic rings. The highest BCUT2D eigenvalue weighted by molar-refractivity contribution is 5.85. The van der Waals surface area contributed by atoms with Crippen LogP contribution in [0.15, 0.2) is 53.6 Å². The number of nitro benzene ring substituents is 1. The summed E-state index contributed by atoms with van der Waals surface area (Å²) in [5, 5.41) is 14.7. The molecular formula is C20H21N3O6. The highest BCUT2D eigenvalue weighted by Gasteiger charge is 2.33. The van der Waals surface area contributed by atoms with Gasteiger partial charge in [-0.15, -0.1) is 0 Å². The number of rotatable bonds is 8. The molecule has 0 aromatic heterocycles. The molecule has 1 saturated heterocycles. The van der Waals surface area contributed by atoms with E-state index in [-0.39, 0.29) is 24.6 Å². The zero-order chi connectivity index (χ0) is 20.7. The predicted molar refractivity (Wildman–Crippen MR) is 105 cm³/mol. The van der Waals surface area contributed by atoms with Crippen molar-refractivity contribution in [2.24, 2.45) is 5.10 Å². The molecule has 0 atom stereocenters. The number of nitro groups is 1. The summed E-state index contributed by atoms with van der Waals surface area (Å²) in [6.07, 6.45) is 1.53. The molecule has 0 spiro atoms. The van der Waals surface area contributed by atoms with Gasteiger partial charge in [0.05, 0.1) is 30.8 Å². The van der Waals surface area contributed by atoms with Crippen molar-refractivity contribution in [3.63, 3.8) is 0 Å². The second-order valence-electron chi connectivity index (χ2n) is 6.55. The molecule has 0 aliphatic carbocycles. The standard InChI is InChI=1S/C20H21N3O6/c1-20(28-10-11-29-20)12-19(24)22-21-13-16-4-2-3-5-18(16)27-14-15-6-8-17(9-7-15)23(25)26/h2-9,13H,10-12,14H2,1H3,(H,22,24)/b21-13-. The molecule has 0 unspecified atom stereocenters. The molecule has 1 heterocycles. The molecule has 3 rings (SSSR count). The molecule has 9 heteroatoms. The van der Waals surface area contributed by atoms with Crippen LogP contribution >= 0.6 is 0 Å².